The van der Waals surface area contributed by atoms with Gasteiger partial charge in [-0.1, -0.05) is 23.9 Å². The van der Waals surface area contributed by atoms with E-state index < -0.39 is 4.92 Å². The number of hydrazone groups is 1. The van der Waals surface area contributed by atoms with Crippen LogP contribution in [-0.2, 0) is 11.8 Å². The Kier molecular flexibility index (Phi) is 5.26. The third kappa shape index (κ3) is 4.42. The molecule has 0 fully saturated rings. The zero-order valence-electron chi connectivity index (χ0n) is 11.7. The number of amides is 1. The largest absolute Gasteiger partial charge is 0.329 e. The maximum absolute atomic E-state index is 11.6. The van der Waals surface area contributed by atoms with Crippen molar-refractivity contribution in [3.63, 3.8) is 0 Å². The summed E-state index contributed by atoms with van der Waals surface area (Å²) in [7, 11) is 1.84. The molecule has 2 rings (SSSR count). The van der Waals surface area contributed by atoms with Gasteiger partial charge in [-0.3, -0.25) is 14.9 Å². The number of aryl methyl sites for hydroxylation is 1. The van der Waals surface area contributed by atoms with Gasteiger partial charge in [0.2, 0.25) is 0 Å². The topological polar surface area (TPSA) is 102 Å². The number of nitro benzene ring substituents is 1. The minimum Gasteiger partial charge on any atom is -0.329 e. The summed E-state index contributed by atoms with van der Waals surface area (Å²) in [5.74, 6) is -0.105. The summed E-state index contributed by atoms with van der Waals surface area (Å²) >= 11 is 1.29. The molecular formula is C13H13N5O3S. The highest BCUT2D eigenvalue weighted by atomic mass is 32.2. The lowest BCUT2D eigenvalue weighted by Crippen LogP contribution is -2.19. The monoisotopic (exact) mass is 319 g/mol. The van der Waals surface area contributed by atoms with Gasteiger partial charge in [-0.2, -0.15) is 5.10 Å². The van der Waals surface area contributed by atoms with Gasteiger partial charge in [-0.15, -0.1) is 0 Å². The molecule has 114 valence electrons. The Bertz CT molecular complexity index is 713. The minimum atomic E-state index is -0.487. The van der Waals surface area contributed by atoms with E-state index in [1.807, 2.05) is 11.6 Å². The molecule has 1 aromatic carbocycles. The summed E-state index contributed by atoms with van der Waals surface area (Å²) in [5, 5.41) is 15.2. The second kappa shape index (κ2) is 7.36. The number of carbonyl (C=O) groups is 1. The van der Waals surface area contributed by atoms with E-state index in [9.17, 15) is 14.9 Å². The number of benzene rings is 1. The predicted molar refractivity (Wildman–Crippen MR) is 82.8 cm³/mol. The van der Waals surface area contributed by atoms with Gasteiger partial charge in [0.25, 0.3) is 11.6 Å². The van der Waals surface area contributed by atoms with Crippen LogP contribution in [0, 0.1) is 10.1 Å². The molecule has 1 amide bonds. The molecule has 0 saturated heterocycles. The van der Waals surface area contributed by atoms with Gasteiger partial charge >= 0.3 is 0 Å². The van der Waals surface area contributed by atoms with E-state index in [-0.39, 0.29) is 17.3 Å². The Morgan fingerprint density at radius 1 is 1.59 bits per heavy atom. The highest BCUT2D eigenvalue weighted by Crippen LogP contribution is 2.13. The first-order chi connectivity index (χ1) is 10.6. The van der Waals surface area contributed by atoms with Crippen LogP contribution in [0.15, 0.2) is 46.9 Å². The maximum Gasteiger partial charge on any atom is 0.270 e. The van der Waals surface area contributed by atoms with Crippen molar-refractivity contribution in [2.75, 3.05) is 5.75 Å². The number of nitrogens with zero attached hydrogens (tertiary/aromatic N) is 4. The van der Waals surface area contributed by atoms with Crippen molar-refractivity contribution in [3.8, 4) is 0 Å². The molecule has 0 aliphatic heterocycles. The number of non-ortho nitro benzene ring substituents is 1. The summed E-state index contributed by atoms with van der Waals surface area (Å²) in [6, 6.07) is 5.97. The number of carbonyl (C=O) groups excluding carboxylic acids is 1. The summed E-state index contributed by atoms with van der Waals surface area (Å²) < 4.78 is 1.81. The van der Waals surface area contributed by atoms with Gasteiger partial charge < -0.3 is 4.57 Å². The second-order valence-electron chi connectivity index (χ2n) is 4.25. The number of rotatable bonds is 6. The van der Waals surface area contributed by atoms with E-state index in [2.05, 4.69) is 15.5 Å². The molecule has 8 nitrogen and oxygen atoms in total. The quantitative estimate of drug-likeness (QED) is 0.377. The minimum absolute atomic E-state index is 0.0272. The van der Waals surface area contributed by atoms with E-state index >= 15 is 0 Å². The molecule has 1 N–H and O–H groups in total. The Labute approximate surface area is 130 Å². The summed E-state index contributed by atoms with van der Waals surface area (Å²) in [6.07, 6.45) is 4.80. The van der Waals surface area contributed by atoms with Gasteiger partial charge in [0.05, 0.1) is 16.9 Å². The fourth-order valence-corrected chi connectivity index (χ4v) is 2.28. The van der Waals surface area contributed by atoms with E-state index in [1.54, 1.807) is 24.5 Å². The molecule has 22 heavy (non-hydrogen) atoms. The molecule has 1 aromatic heterocycles. The van der Waals surface area contributed by atoms with Crippen molar-refractivity contribution in [3.05, 3.63) is 52.3 Å². The molecule has 0 aliphatic rings. The van der Waals surface area contributed by atoms with Crippen LogP contribution >= 0.6 is 11.8 Å². The fourth-order valence-electron chi connectivity index (χ4n) is 1.55. The number of aromatic nitrogens is 2. The lowest BCUT2D eigenvalue weighted by Gasteiger charge is -2.00. The first kappa shape index (κ1) is 15.7. The third-order valence-electron chi connectivity index (χ3n) is 2.59. The lowest BCUT2D eigenvalue weighted by atomic mass is 10.2. The first-order valence-electron chi connectivity index (χ1n) is 6.23. The molecule has 2 aromatic rings. The van der Waals surface area contributed by atoms with Crippen LogP contribution in [0.5, 0.6) is 0 Å². The van der Waals surface area contributed by atoms with Crippen LogP contribution in [0.1, 0.15) is 5.56 Å². The zero-order valence-corrected chi connectivity index (χ0v) is 12.5. The van der Waals surface area contributed by atoms with Crippen molar-refractivity contribution in [2.45, 2.75) is 5.16 Å². The van der Waals surface area contributed by atoms with E-state index in [0.29, 0.717) is 5.56 Å². The average molecular weight is 319 g/mol. The molecule has 0 bridgehead atoms. The zero-order chi connectivity index (χ0) is 15.9. The van der Waals surface area contributed by atoms with E-state index in [1.165, 1.54) is 30.1 Å². The molecule has 0 aliphatic carbocycles. The van der Waals surface area contributed by atoms with E-state index in [4.69, 9.17) is 0 Å². The van der Waals surface area contributed by atoms with Crippen LogP contribution in [0.2, 0.25) is 0 Å². The molecule has 0 atom stereocenters. The fraction of sp³-hybridized carbons (Fsp3) is 0.154. The molecule has 9 heteroatoms. The van der Waals surface area contributed by atoms with Crippen molar-refractivity contribution in [1.29, 1.82) is 0 Å². The Hall–Kier alpha value is -2.68. The standard InChI is InChI=1S/C13H13N5O3S/c1-17-6-5-14-13(17)22-9-12(19)16-15-8-10-3-2-4-11(7-10)18(20)21/h2-8H,9H2,1H3,(H,16,19)/b15-8-. The molecule has 0 saturated carbocycles. The number of imidazole rings is 1. The SMILES string of the molecule is Cn1ccnc1SCC(=O)N/N=C\c1cccc([N+](=O)[O-])c1. The van der Waals surface area contributed by atoms with Crippen LogP contribution in [0.4, 0.5) is 5.69 Å². The van der Waals surface area contributed by atoms with Crippen LogP contribution < -0.4 is 5.43 Å². The van der Waals surface area contributed by atoms with Crippen molar-refractivity contribution in [2.24, 2.45) is 12.1 Å². The predicted octanol–water partition coefficient (Wildman–Crippen LogP) is 1.57. The summed E-state index contributed by atoms with van der Waals surface area (Å²) in [4.78, 5) is 25.9. The first-order valence-corrected chi connectivity index (χ1v) is 7.21. The summed E-state index contributed by atoms with van der Waals surface area (Å²) in [5.41, 5.74) is 2.87. The van der Waals surface area contributed by atoms with Gasteiger partial charge in [0.15, 0.2) is 5.16 Å². The number of hydrogen-bond donors (Lipinski definition) is 1. The molecular weight excluding hydrogens is 306 g/mol. The van der Waals surface area contributed by atoms with Crippen LogP contribution in [0.3, 0.4) is 0 Å². The van der Waals surface area contributed by atoms with Gasteiger partial charge in [-0.05, 0) is 0 Å². The van der Waals surface area contributed by atoms with Crippen molar-refractivity contribution < 1.29 is 9.72 Å². The highest BCUT2D eigenvalue weighted by molar-refractivity contribution is 7.99. The normalized spacial score (nSPS) is 10.8. The number of nitrogens with one attached hydrogen (secondary N) is 1. The average Bonchev–Trinajstić information content (AvgIpc) is 2.91. The van der Waals surface area contributed by atoms with Crippen LogP contribution in [0.25, 0.3) is 0 Å². The lowest BCUT2D eigenvalue weighted by molar-refractivity contribution is -0.384. The molecule has 0 unspecified atom stereocenters. The Balaban J connectivity index is 1.84. The Morgan fingerprint density at radius 2 is 2.41 bits per heavy atom. The summed E-state index contributed by atoms with van der Waals surface area (Å²) in [6.45, 7) is 0. The number of nitro groups is 1. The third-order valence-corrected chi connectivity index (χ3v) is 3.65. The van der Waals surface area contributed by atoms with Gasteiger partial charge in [-0.25, -0.2) is 10.4 Å². The van der Waals surface area contributed by atoms with Gasteiger partial charge in [0, 0.05) is 37.1 Å². The maximum atomic E-state index is 11.6. The number of hydrogen-bond acceptors (Lipinski definition) is 6. The van der Waals surface area contributed by atoms with Crippen molar-refractivity contribution in [1.82, 2.24) is 15.0 Å². The van der Waals surface area contributed by atoms with Gasteiger partial charge in [0.1, 0.15) is 0 Å². The second-order valence-corrected chi connectivity index (χ2v) is 5.20. The Morgan fingerprint density at radius 3 is 3.09 bits per heavy atom. The van der Waals surface area contributed by atoms with E-state index in [0.717, 1.165) is 5.16 Å². The highest BCUT2D eigenvalue weighted by Gasteiger charge is 2.06. The van der Waals surface area contributed by atoms with Crippen LogP contribution in [-0.4, -0.2) is 32.3 Å². The molecule has 0 radical (unpaired) electrons. The smallest absolute Gasteiger partial charge is 0.270 e. The molecule has 1 heterocycles. The molecule has 0 spiro atoms. The number of thioether (sulfide) groups is 1. The van der Waals surface area contributed by atoms with Crippen molar-refractivity contribution >= 4 is 29.6 Å².